The number of aromatic nitrogens is 3. The maximum absolute atomic E-state index is 16.0. The van der Waals surface area contributed by atoms with Crippen LogP contribution in [-0.4, -0.2) is 47.2 Å². The fraction of sp³-hybridized carbons (Fsp3) is 0.320. The van der Waals surface area contributed by atoms with Crippen LogP contribution in [0.15, 0.2) is 42.6 Å². The summed E-state index contributed by atoms with van der Waals surface area (Å²) in [5.74, 6) is 0.243. The largest absolute Gasteiger partial charge is 0.467 e. The predicted octanol–water partition coefficient (Wildman–Crippen LogP) is 4.24. The highest BCUT2D eigenvalue weighted by atomic mass is 19.1. The number of halogens is 1. The van der Waals surface area contributed by atoms with Crippen LogP contribution in [0.3, 0.4) is 0 Å². The molecule has 2 atom stereocenters. The molecule has 2 aromatic heterocycles. The Bertz CT molecular complexity index is 1350. The molecule has 0 saturated carbocycles. The lowest BCUT2D eigenvalue weighted by atomic mass is 9.99. The highest BCUT2D eigenvalue weighted by Gasteiger charge is 2.34. The van der Waals surface area contributed by atoms with E-state index in [0.717, 1.165) is 47.8 Å². The maximum atomic E-state index is 16.0. The number of ether oxygens (including phenoxy) is 1. The second-order valence-corrected chi connectivity index (χ2v) is 8.79. The SMILES string of the molecule is COc1nc(N2CC3CCC(C2)N3)c2cnc(-c3cccc4cc(C)ccc34)c(F)c2n1. The molecule has 2 aliphatic rings. The van der Waals surface area contributed by atoms with E-state index in [1.54, 1.807) is 6.20 Å². The lowest BCUT2D eigenvalue weighted by Crippen LogP contribution is -2.51. The van der Waals surface area contributed by atoms with E-state index in [-0.39, 0.29) is 11.5 Å². The molecule has 2 bridgehead atoms. The molecule has 6 nitrogen and oxygen atoms in total. The van der Waals surface area contributed by atoms with Crippen LogP contribution in [-0.2, 0) is 0 Å². The van der Waals surface area contributed by atoms with Crippen molar-refractivity contribution in [3.8, 4) is 17.3 Å². The Hall–Kier alpha value is -3.32. The number of nitrogens with one attached hydrogen (secondary N) is 1. The van der Waals surface area contributed by atoms with Crippen LogP contribution in [0.5, 0.6) is 6.01 Å². The van der Waals surface area contributed by atoms with Crippen molar-refractivity contribution in [2.45, 2.75) is 31.8 Å². The van der Waals surface area contributed by atoms with Crippen molar-refractivity contribution in [1.82, 2.24) is 20.3 Å². The molecule has 0 amide bonds. The summed E-state index contributed by atoms with van der Waals surface area (Å²) in [6, 6.07) is 13.1. The molecule has 7 heteroatoms. The number of hydrogen-bond acceptors (Lipinski definition) is 6. The average Bonchev–Trinajstić information content (AvgIpc) is 3.15. The Kier molecular flexibility index (Phi) is 4.47. The van der Waals surface area contributed by atoms with Gasteiger partial charge in [-0.25, -0.2) is 4.39 Å². The minimum absolute atomic E-state index is 0.169. The first-order valence-electron chi connectivity index (χ1n) is 11.0. The Morgan fingerprint density at radius 3 is 2.66 bits per heavy atom. The molecule has 0 radical (unpaired) electrons. The van der Waals surface area contributed by atoms with Crippen LogP contribution in [0, 0.1) is 12.7 Å². The molecule has 32 heavy (non-hydrogen) atoms. The molecule has 2 fully saturated rings. The quantitative estimate of drug-likeness (QED) is 0.526. The van der Waals surface area contributed by atoms with Crippen molar-refractivity contribution >= 4 is 27.5 Å². The van der Waals surface area contributed by atoms with Gasteiger partial charge in [0.2, 0.25) is 0 Å². The van der Waals surface area contributed by atoms with Gasteiger partial charge in [-0.1, -0.05) is 42.0 Å². The molecule has 0 spiro atoms. The summed E-state index contributed by atoms with van der Waals surface area (Å²) in [6.07, 6.45) is 4.01. The van der Waals surface area contributed by atoms with Crippen LogP contribution in [0.1, 0.15) is 18.4 Å². The average molecular weight is 429 g/mol. The van der Waals surface area contributed by atoms with Gasteiger partial charge in [-0.15, -0.1) is 0 Å². The van der Waals surface area contributed by atoms with E-state index in [2.05, 4.69) is 31.2 Å². The lowest BCUT2D eigenvalue weighted by molar-refractivity contribution is 0.380. The highest BCUT2D eigenvalue weighted by Crippen LogP contribution is 2.36. The fourth-order valence-electron chi connectivity index (χ4n) is 5.12. The number of anilines is 1. The van der Waals surface area contributed by atoms with Gasteiger partial charge in [-0.05, 0) is 30.5 Å². The summed E-state index contributed by atoms with van der Waals surface area (Å²) in [5, 5.41) is 6.26. The summed E-state index contributed by atoms with van der Waals surface area (Å²) in [7, 11) is 1.51. The van der Waals surface area contributed by atoms with Crippen molar-refractivity contribution < 1.29 is 9.13 Å². The van der Waals surface area contributed by atoms with Gasteiger partial charge in [0.15, 0.2) is 5.82 Å². The van der Waals surface area contributed by atoms with Gasteiger partial charge < -0.3 is 15.0 Å². The third kappa shape index (κ3) is 3.07. The minimum Gasteiger partial charge on any atom is -0.467 e. The van der Waals surface area contributed by atoms with Crippen molar-refractivity contribution in [3.63, 3.8) is 0 Å². The second kappa shape index (κ2) is 7.38. The lowest BCUT2D eigenvalue weighted by Gasteiger charge is -2.34. The zero-order valence-electron chi connectivity index (χ0n) is 18.1. The zero-order chi connectivity index (χ0) is 21.8. The molecule has 4 heterocycles. The Balaban J connectivity index is 1.54. The number of benzene rings is 2. The molecule has 4 aromatic rings. The van der Waals surface area contributed by atoms with Gasteiger partial charge in [0.25, 0.3) is 0 Å². The number of piperazine rings is 1. The van der Waals surface area contributed by atoms with Gasteiger partial charge in [-0.2, -0.15) is 9.97 Å². The van der Waals surface area contributed by atoms with Crippen LogP contribution in [0.2, 0.25) is 0 Å². The second-order valence-electron chi connectivity index (χ2n) is 8.79. The molecule has 2 unspecified atom stereocenters. The standard InChI is InChI=1S/C25H24FN5O/c1-14-6-9-18-15(10-14)4-3-5-19(18)22-21(26)23-20(11-27-22)24(30-25(29-23)32-2)31-12-16-7-8-17(13-31)28-16/h3-6,9-11,16-17,28H,7-8,12-13H2,1-2H3. The topological polar surface area (TPSA) is 63.2 Å². The minimum atomic E-state index is -0.448. The van der Waals surface area contributed by atoms with Gasteiger partial charge in [0.1, 0.15) is 17.0 Å². The molecule has 2 aliphatic heterocycles. The van der Waals surface area contributed by atoms with E-state index in [1.807, 2.05) is 37.3 Å². The third-order valence-electron chi connectivity index (χ3n) is 6.63. The number of hydrogen-bond donors (Lipinski definition) is 1. The van der Waals surface area contributed by atoms with E-state index in [1.165, 1.54) is 7.11 Å². The summed E-state index contributed by atoms with van der Waals surface area (Å²) in [6.45, 7) is 3.71. The fourth-order valence-corrected chi connectivity index (χ4v) is 5.12. The van der Waals surface area contributed by atoms with Crippen molar-refractivity contribution in [2.24, 2.45) is 0 Å². The van der Waals surface area contributed by atoms with Gasteiger partial charge >= 0.3 is 6.01 Å². The summed E-state index contributed by atoms with van der Waals surface area (Å²) in [4.78, 5) is 15.8. The molecule has 0 aliphatic carbocycles. The number of pyridine rings is 1. The third-order valence-corrected chi connectivity index (χ3v) is 6.63. The maximum Gasteiger partial charge on any atom is 0.318 e. The first kappa shape index (κ1) is 19.4. The highest BCUT2D eigenvalue weighted by molar-refractivity contribution is 5.99. The molecule has 2 aromatic carbocycles. The summed E-state index contributed by atoms with van der Waals surface area (Å²) in [5.41, 5.74) is 2.45. The monoisotopic (exact) mass is 429 g/mol. The van der Waals surface area contributed by atoms with E-state index in [9.17, 15) is 0 Å². The number of rotatable bonds is 3. The molecular formula is C25H24FN5O. The van der Waals surface area contributed by atoms with Gasteiger partial charge in [-0.3, -0.25) is 4.98 Å². The summed E-state index contributed by atoms with van der Waals surface area (Å²) >= 11 is 0. The van der Waals surface area contributed by atoms with Crippen molar-refractivity contribution in [2.75, 3.05) is 25.1 Å². The molecular weight excluding hydrogens is 405 g/mol. The number of aryl methyl sites for hydroxylation is 1. The predicted molar refractivity (Wildman–Crippen MR) is 124 cm³/mol. The normalized spacial score (nSPS) is 20.3. The van der Waals surface area contributed by atoms with Crippen molar-refractivity contribution in [1.29, 1.82) is 0 Å². The molecule has 162 valence electrons. The number of nitrogens with zero attached hydrogens (tertiary/aromatic N) is 4. The van der Waals surface area contributed by atoms with E-state index < -0.39 is 5.82 Å². The first-order valence-corrected chi connectivity index (χ1v) is 11.0. The van der Waals surface area contributed by atoms with Crippen molar-refractivity contribution in [3.05, 3.63) is 54.0 Å². The molecule has 2 saturated heterocycles. The molecule has 6 rings (SSSR count). The Labute approximate surface area is 185 Å². The van der Waals surface area contributed by atoms with Crippen LogP contribution >= 0.6 is 0 Å². The summed E-state index contributed by atoms with van der Waals surface area (Å²) < 4.78 is 21.3. The van der Waals surface area contributed by atoms with Crippen LogP contribution in [0.4, 0.5) is 10.2 Å². The van der Waals surface area contributed by atoms with E-state index >= 15 is 4.39 Å². The van der Waals surface area contributed by atoms with E-state index in [4.69, 9.17) is 4.74 Å². The Morgan fingerprint density at radius 2 is 1.88 bits per heavy atom. The zero-order valence-corrected chi connectivity index (χ0v) is 18.1. The number of methoxy groups -OCH3 is 1. The van der Waals surface area contributed by atoms with Crippen LogP contribution < -0.4 is 15.0 Å². The Morgan fingerprint density at radius 1 is 1.06 bits per heavy atom. The van der Waals surface area contributed by atoms with Crippen LogP contribution in [0.25, 0.3) is 32.9 Å². The number of fused-ring (bicyclic) bond motifs is 4. The van der Waals surface area contributed by atoms with Gasteiger partial charge in [0.05, 0.1) is 12.5 Å². The smallest absolute Gasteiger partial charge is 0.318 e. The first-order chi connectivity index (χ1) is 15.6. The molecule has 1 N–H and O–H groups in total. The van der Waals surface area contributed by atoms with Gasteiger partial charge in [0, 0.05) is 36.9 Å². The van der Waals surface area contributed by atoms with E-state index in [0.29, 0.717) is 29.0 Å².